The molecule has 1 atom stereocenters. The van der Waals surface area contributed by atoms with Crippen molar-refractivity contribution in [2.24, 2.45) is 5.73 Å². The lowest BCUT2D eigenvalue weighted by Crippen LogP contribution is -2.07. The molecule has 1 aromatic rings. The first-order valence-electron chi connectivity index (χ1n) is 3.77. The van der Waals surface area contributed by atoms with Crippen LogP contribution in [0.3, 0.4) is 0 Å². The number of ketones is 1. The second-order valence-corrected chi connectivity index (χ2v) is 4.10. The van der Waals surface area contributed by atoms with E-state index in [9.17, 15) is 4.79 Å². The monoisotopic (exact) mass is 273 g/mol. The summed E-state index contributed by atoms with van der Waals surface area (Å²) < 4.78 is 1.10. The second kappa shape index (κ2) is 2.81. The molecular weight excluding hydrogens is 265 g/mol. The van der Waals surface area contributed by atoms with E-state index in [4.69, 9.17) is 5.73 Å². The number of rotatable bonds is 0. The molecule has 2 nitrogen and oxygen atoms in total. The summed E-state index contributed by atoms with van der Waals surface area (Å²) in [6.45, 7) is 0. The molecule has 0 saturated carbocycles. The molecule has 3 heteroatoms. The van der Waals surface area contributed by atoms with Gasteiger partial charge < -0.3 is 5.73 Å². The number of hydrogen-bond acceptors (Lipinski definition) is 2. The molecular formula is C9H8INO. The third-order valence-corrected chi connectivity index (χ3v) is 3.07. The van der Waals surface area contributed by atoms with Crippen molar-refractivity contribution in [3.8, 4) is 0 Å². The number of hydrogen-bond donors (Lipinski definition) is 1. The van der Waals surface area contributed by atoms with Crippen LogP contribution in [0.15, 0.2) is 18.2 Å². The maximum Gasteiger partial charge on any atom is 0.165 e. The molecule has 1 aromatic carbocycles. The summed E-state index contributed by atoms with van der Waals surface area (Å²) in [6, 6.07) is 5.65. The zero-order valence-corrected chi connectivity index (χ0v) is 8.54. The average Bonchev–Trinajstić information content (AvgIpc) is 2.29. The van der Waals surface area contributed by atoms with E-state index in [-0.39, 0.29) is 11.8 Å². The van der Waals surface area contributed by atoms with Crippen LogP contribution >= 0.6 is 22.6 Å². The Morgan fingerprint density at radius 3 is 2.92 bits per heavy atom. The number of carbonyl (C=O) groups is 1. The van der Waals surface area contributed by atoms with Crippen molar-refractivity contribution in [1.82, 2.24) is 0 Å². The van der Waals surface area contributed by atoms with Crippen LogP contribution in [0.2, 0.25) is 0 Å². The summed E-state index contributed by atoms with van der Waals surface area (Å²) >= 11 is 2.22. The minimum absolute atomic E-state index is 0.0828. The number of benzene rings is 1. The van der Waals surface area contributed by atoms with Crippen molar-refractivity contribution in [2.75, 3.05) is 0 Å². The lowest BCUT2D eigenvalue weighted by atomic mass is 10.1. The van der Waals surface area contributed by atoms with E-state index >= 15 is 0 Å². The van der Waals surface area contributed by atoms with Gasteiger partial charge in [-0.15, -0.1) is 0 Å². The quantitative estimate of drug-likeness (QED) is 0.733. The largest absolute Gasteiger partial charge is 0.324 e. The van der Waals surface area contributed by atoms with E-state index < -0.39 is 0 Å². The van der Waals surface area contributed by atoms with Crippen molar-refractivity contribution in [1.29, 1.82) is 0 Å². The highest BCUT2D eigenvalue weighted by Crippen LogP contribution is 2.32. The summed E-state index contributed by atoms with van der Waals surface area (Å²) in [7, 11) is 0. The molecule has 62 valence electrons. The predicted octanol–water partition coefficient (Wildman–Crippen LogP) is 1.88. The molecule has 1 aliphatic carbocycles. The van der Waals surface area contributed by atoms with Gasteiger partial charge in [0, 0.05) is 21.6 Å². The van der Waals surface area contributed by atoms with Crippen molar-refractivity contribution in [3.63, 3.8) is 0 Å². The third kappa shape index (κ3) is 1.08. The Bertz CT molecular complexity index is 348. The maximum absolute atomic E-state index is 11.3. The fraction of sp³-hybridized carbons (Fsp3) is 0.222. The summed E-state index contributed by atoms with van der Waals surface area (Å²) in [5.41, 5.74) is 7.66. The number of fused-ring (bicyclic) bond motifs is 1. The SMILES string of the molecule is N[C@H]1CC(=O)c2cccc(I)c21. The molecule has 12 heavy (non-hydrogen) atoms. The summed E-state index contributed by atoms with van der Waals surface area (Å²) in [5.74, 6) is 0.177. The van der Waals surface area contributed by atoms with Gasteiger partial charge >= 0.3 is 0 Å². The highest BCUT2D eigenvalue weighted by Gasteiger charge is 2.27. The van der Waals surface area contributed by atoms with E-state index in [2.05, 4.69) is 22.6 Å². The Morgan fingerprint density at radius 1 is 1.50 bits per heavy atom. The Hall–Kier alpha value is -0.420. The van der Waals surface area contributed by atoms with Crippen molar-refractivity contribution >= 4 is 28.4 Å². The molecule has 1 aliphatic rings. The average molecular weight is 273 g/mol. The molecule has 2 rings (SSSR count). The van der Waals surface area contributed by atoms with Crippen LogP contribution in [0, 0.1) is 3.57 Å². The van der Waals surface area contributed by atoms with Crippen LogP contribution in [0.1, 0.15) is 28.4 Å². The molecule has 0 bridgehead atoms. The van der Waals surface area contributed by atoms with Gasteiger partial charge in [-0.3, -0.25) is 4.79 Å². The normalized spacial score (nSPS) is 21.2. The van der Waals surface area contributed by atoms with Crippen LogP contribution in [-0.4, -0.2) is 5.78 Å². The fourth-order valence-electron chi connectivity index (χ4n) is 1.57. The molecule has 0 heterocycles. The molecule has 0 amide bonds. The zero-order valence-electron chi connectivity index (χ0n) is 6.38. The van der Waals surface area contributed by atoms with Crippen molar-refractivity contribution < 1.29 is 4.79 Å². The van der Waals surface area contributed by atoms with Gasteiger partial charge in [-0.2, -0.15) is 0 Å². The smallest absolute Gasteiger partial charge is 0.165 e. The molecule has 0 unspecified atom stereocenters. The lowest BCUT2D eigenvalue weighted by Gasteiger charge is -2.04. The van der Waals surface area contributed by atoms with Gasteiger partial charge in [-0.1, -0.05) is 12.1 Å². The van der Waals surface area contributed by atoms with Gasteiger partial charge in [0.05, 0.1) is 0 Å². The van der Waals surface area contributed by atoms with Crippen molar-refractivity contribution in [2.45, 2.75) is 12.5 Å². The van der Waals surface area contributed by atoms with Gasteiger partial charge in [-0.25, -0.2) is 0 Å². The van der Waals surface area contributed by atoms with Gasteiger partial charge in [0.15, 0.2) is 5.78 Å². The first kappa shape index (κ1) is 8.19. The highest BCUT2D eigenvalue weighted by atomic mass is 127. The molecule has 0 aromatic heterocycles. The Balaban J connectivity index is 2.67. The predicted molar refractivity (Wildman–Crippen MR) is 55.0 cm³/mol. The number of Topliss-reactive ketones (excluding diaryl/α,β-unsaturated/α-hetero) is 1. The van der Waals surface area contributed by atoms with Crippen LogP contribution in [0.5, 0.6) is 0 Å². The number of carbonyl (C=O) groups excluding carboxylic acids is 1. The van der Waals surface area contributed by atoms with Crippen molar-refractivity contribution in [3.05, 3.63) is 32.9 Å². The number of nitrogens with two attached hydrogens (primary N) is 1. The van der Waals surface area contributed by atoms with Gasteiger partial charge in [0.25, 0.3) is 0 Å². The van der Waals surface area contributed by atoms with Gasteiger partial charge in [0.1, 0.15) is 0 Å². The molecule has 0 radical (unpaired) electrons. The summed E-state index contributed by atoms with van der Waals surface area (Å²) in [6.07, 6.45) is 0.468. The second-order valence-electron chi connectivity index (χ2n) is 2.93. The lowest BCUT2D eigenvalue weighted by molar-refractivity contribution is 0.0989. The molecule has 0 spiro atoms. The minimum Gasteiger partial charge on any atom is -0.324 e. The van der Waals surface area contributed by atoms with Gasteiger partial charge in [-0.05, 0) is 34.2 Å². The van der Waals surface area contributed by atoms with E-state index in [1.165, 1.54) is 0 Å². The topological polar surface area (TPSA) is 43.1 Å². The molecule has 0 saturated heterocycles. The summed E-state index contributed by atoms with van der Waals surface area (Å²) in [4.78, 5) is 11.3. The molecule has 0 fully saturated rings. The Morgan fingerprint density at radius 2 is 2.25 bits per heavy atom. The van der Waals surface area contributed by atoms with Crippen LogP contribution in [0.4, 0.5) is 0 Å². The standard InChI is InChI=1S/C9H8INO/c10-6-3-1-2-5-8(12)4-7(11)9(5)6/h1-3,7H,4,11H2/t7-/m0/s1. The first-order chi connectivity index (χ1) is 5.70. The van der Waals surface area contributed by atoms with Crippen LogP contribution < -0.4 is 5.73 Å². The third-order valence-electron chi connectivity index (χ3n) is 2.13. The summed E-state index contributed by atoms with van der Waals surface area (Å²) in [5, 5.41) is 0. The maximum atomic E-state index is 11.3. The fourth-order valence-corrected chi connectivity index (χ4v) is 2.47. The van der Waals surface area contributed by atoms with Gasteiger partial charge in [0.2, 0.25) is 0 Å². The van der Waals surface area contributed by atoms with Crippen LogP contribution in [-0.2, 0) is 0 Å². The Labute approximate surface area is 84.3 Å². The van der Waals surface area contributed by atoms with E-state index in [0.717, 1.165) is 14.7 Å². The first-order valence-corrected chi connectivity index (χ1v) is 4.85. The van der Waals surface area contributed by atoms with E-state index in [0.29, 0.717) is 6.42 Å². The molecule has 2 N–H and O–H groups in total. The highest BCUT2D eigenvalue weighted by molar-refractivity contribution is 14.1. The zero-order chi connectivity index (χ0) is 8.72. The Kier molecular flexibility index (Phi) is 1.92. The number of halogens is 1. The van der Waals surface area contributed by atoms with E-state index in [1.807, 2.05) is 18.2 Å². The van der Waals surface area contributed by atoms with Crippen LogP contribution in [0.25, 0.3) is 0 Å². The molecule has 0 aliphatic heterocycles. The minimum atomic E-state index is -0.0828. The van der Waals surface area contributed by atoms with E-state index in [1.54, 1.807) is 0 Å².